The van der Waals surface area contributed by atoms with Crippen LogP contribution < -0.4 is 4.72 Å². The van der Waals surface area contributed by atoms with E-state index in [4.69, 9.17) is 5.11 Å². The first-order valence-electron chi connectivity index (χ1n) is 9.83. The van der Waals surface area contributed by atoms with Crippen LogP contribution in [0.5, 0.6) is 0 Å². The van der Waals surface area contributed by atoms with Gasteiger partial charge in [-0.15, -0.1) is 0 Å². The fourth-order valence-electron chi connectivity index (χ4n) is 3.84. The summed E-state index contributed by atoms with van der Waals surface area (Å²) in [6.45, 7) is 0. The Kier molecular flexibility index (Phi) is 6.86. The number of aliphatic carboxylic acids is 1. The van der Waals surface area contributed by atoms with Crippen LogP contribution in [0.15, 0.2) is 59.5 Å². The molecule has 1 saturated carbocycles. The summed E-state index contributed by atoms with van der Waals surface area (Å²) < 4.78 is 28.7. The van der Waals surface area contributed by atoms with Crippen molar-refractivity contribution in [3.63, 3.8) is 0 Å². The molecule has 0 aromatic heterocycles. The quantitative estimate of drug-likeness (QED) is 0.479. The first-order valence-corrected chi connectivity index (χ1v) is 11.3. The lowest BCUT2D eigenvalue weighted by molar-refractivity contribution is -0.137. The van der Waals surface area contributed by atoms with Gasteiger partial charge in [-0.25, -0.2) is 13.1 Å². The lowest BCUT2D eigenvalue weighted by Gasteiger charge is -2.20. The van der Waals surface area contributed by atoms with Gasteiger partial charge in [-0.1, -0.05) is 48.9 Å². The number of benzene rings is 2. The van der Waals surface area contributed by atoms with Crippen molar-refractivity contribution in [1.82, 2.24) is 4.72 Å². The van der Waals surface area contributed by atoms with Gasteiger partial charge >= 0.3 is 5.97 Å². The highest BCUT2D eigenvalue weighted by atomic mass is 32.2. The fourth-order valence-corrected chi connectivity index (χ4v) is 5.21. The third-order valence-electron chi connectivity index (χ3n) is 5.36. The molecule has 0 spiro atoms. The molecule has 0 heterocycles. The highest BCUT2D eigenvalue weighted by molar-refractivity contribution is 7.89. The molecule has 1 aliphatic rings. The van der Waals surface area contributed by atoms with Crippen molar-refractivity contribution < 1.29 is 18.3 Å². The van der Waals surface area contributed by atoms with Crippen molar-refractivity contribution in [2.24, 2.45) is 5.92 Å². The van der Waals surface area contributed by atoms with Crippen molar-refractivity contribution in [2.75, 3.05) is 0 Å². The number of carboxylic acid groups (broad SMARTS) is 1. The minimum absolute atomic E-state index is 0.0554. The van der Waals surface area contributed by atoms with E-state index in [1.165, 1.54) is 0 Å². The van der Waals surface area contributed by atoms with E-state index < -0.39 is 16.0 Å². The fraction of sp³-hybridized carbons (Fsp3) is 0.409. The molecule has 0 amide bonds. The second-order valence-corrected chi connectivity index (χ2v) is 9.13. The molecule has 0 saturated heterocycles. The Morgan fingerprint density at radius 3 is 2.68 bits per heavy atom. The molecule has 28 heavy (non-hydrogen) atoms. The molecule has 2 N–H and O–H groups in total. The van der Waals surface area contributed by atoms with Crippen LogP contribution in [0.25, 0.3) is 10.8 Å². The van der Waals surface area contributed by atoms with Gasteiger partial charge in [0.05, 0.1) is 4.90 Å². The highest BCUT2D eigenvalue weighted by Gasteiger charge is 2.30. The SMILES string of the molecule is O=C(O)CCCC=CCC1CCCC1NS(=O)(=O)c1ccc2ccccc2c1. The summed E-state index contributed by atoms with van der Waals surface area (Å²) in [6.07, 6.45) is 9.32. The molecule has 2 atom stereocenters. The van der Waals surface area contributed by atoms with Gasteiger partial charge in [0.25, 0.3) is 0 Å². The van der Waals surface area contributed by atoms with E-state index in [-0.39, 0.29) is 18.4 Å². The molecule has 5 nitrogen and oxygen atoms in total. The molecule has 6 heteroatoms. The van der Waals surface area contributed by atoms with Gasteiger partial charge in [-0.05, 0) is 60.9 Å². The van der Waals surface area contributed by atoms with Crippen LogP contribution >= 0.6 is 0 Å². The van der Waals surface area contributed by atoms with E-state index >= 15 is 0 Å². The monoisotopic (exact) mass is 401 g/mol. The van der Waals surface area contributed by atoms with E-state index in [1.807, 2.05) is 36.4 Å². The summed E-state index contributed by atoms with van der Waals surface area (Å²) in [5.74, 6) is -0.488. The maximum Gasteiger partial charge on any atom is 0.303 e. The molecule has 1 aliphatic carbocycles. The number of nitrogens with one attached hydrogen (secondary N) is 1. The average Bonchev–Trinajstić information content (AvgIpc) is 3.10. The molecule has 3 rings (SSSR count). The highest BCUT2D eigenvalue weighted by Crippen LogP contribution is 2.30. The summed E-state index contributed by atoms with van der Waals surface area (Å²) in [6, 6.07) is 12.9. The van der Waals surface area contributed by atoms with Gasteiger partial charge in [0.2, 0.25) is 10.0 Å². The molecule has 2 unspecified atom stereocenters. The number of fused-ring (bicyclic) bond motifs is 1. The summed E-state index contributed by atoms with van der Waals surface area (Å²) >= 11 is 0. The molecule has 1 fully saturated rings. The third-order valence-corrected chi connectivity index (χ3v) is 6.85. The second-order valence-electron chi connectivity index (χ2n) is 7.42. The van der Waals surface area contributed by atoms with E-state index in [1.54, 1.807) is 12.1 Å². The summed E-state index contributed by atoms with van der Waals surface area (Å²) in [5.41, 5.74) is 0. The number of unbranched alkanes of at least 4 members (excludes halogenated alkanes) is 1. The zero-order chi connectivity index (χ0) is 20.0. The van der Waals surface area contributed by atoms with Crippen LogP contribution in [0.2, 0.25) is 0 Å². The van der Waals surface area contributed by atoms with Gasteiger partial charge in [0, 0.05) is 12.5 Å². The van der Waals surface area contributed by atoms with Crippen LogP contribution in [0.1, 0.15) is 44.9 Å². The molecule has 2 aromatic rings. The second kappa shape index (κ2) is 9.34. The van der Waals surface area contributed by atoms with Crippen molar-refractivity contribution in [3.05, 3.63) is 54.6 Å². The van der Waals surface area contributed by atoms with E-state index in [2.05, 4.69) is 10.8 Å². The van der Waals surface area contributed by atoms with Crippen LogP contribution in [-0.2, 0) is 14.8 Å². The number of sulfonamides is 1. The normalized spacial score (nSPS) is 20.1. The molecule has 150 valence electrons. The van der Waals surface area contributed by atoms with Crippen molar-refractivity contribution >= 4 is 26.8 Å². The molecule has 2 aromatic carbocycles. The van der Waals surface area contributed by atoms with E-state index in [9.17, 15) is 13.2 Å². The van der Waals surface area contributed by atoms with Gasteiger partial charge in [0.1, 0.15) is 0 Å². The minimum atomic E-state index is -3.56. The zero-order valence-corrected chi connectivity index (χ0v) is 16.7. The first-order chi connectivity index (χ1) is 13.5. The molecule has 0 aliphatic heterocycles. The largest absolute Gasteiger partial charge is 0.481 e. The van der Waals surface area contributed by atoms with E-state index in [0.29, 0.717) is 11.3 Å². The lowest BCUT2D eigenvalue weighted by Crippen LogP contribution is -2.37. The smallest absolute Gasteiger partial charge is 0.303 e. The van der Waals surface area contributed by atoms with Crippen LogP contribution in [0.3, 0.4) is 0 Å². The number of carbonyl (C=O) groups is 1. The number of rotatable bonds is 9. The van der Waals surface area contributed by atoms with Crippen molar-refractivity contribution in [1.29, 1.82) is 0 Å². The zero-order valence-electron chi connectivity index (χ0n) is 15.9. The van der Waals surface area contributed by atoms with Gasteiger partial charge in [-0.3, -0.25) is 4.79 Å². The number of hydrogen-bond acceptors (Lipinski definition) is 3. The van der Waals surface area contributed by atoms with Gasteiger partial charge in [-0.2, -0.15) is 0 Å². The molecule has 0 radical (unpaired) electrons. The van der Waals surface area contributed by atoms with Gasteiger partial charge in [0.15, 0.2) is 0 Å². The number of allylic oxidation sites excluding steroid dienone is 2. The minimum Gasteiger partial charge on any atom is -0.481 e. The Hall–Kier alpha value is -2.18. The predicted molar refractivity (Wildman–Crippen MR) is 111 cm³/mol. The Bertz CT molecular complexity index is 952. The average molecular weight is 402 g/mol. The predicted octanol–water partition coefficient (Wildman–Crippen LogP) is 4.49. The Morgan fingerprint density at radius 1 is 1.11 bits per heavy atom. The van der Waals surface area contributed by atoms with Crippen molar-refractivity contribution in [2.45, 2.75) is 55.9 Å². The van der Waals surface area contributed by atoms with Crippen LogP contribution in [0.4, 0.5) is 0 Å². The third kappa shape index (κ3) is 5.42. The van der Waals surface area contributed by atoms with E-state index in [0.717, 1.165) is 42.9 Å². The van der Waals surface area contributed by atoms with Crippen LogP contribution in [-0.4, -0.2) is 25.5 Å². The summed E-state index contributed by atoms with van der Waals surface area (Å²) in [7, 11) is -3.56. The lowest BCUT2D eigenvalue weighted by atomic mass is 10.00. The number of carboxylic acids is 1. The number of hydrogen-bond donors (Lipinski definition) is 2. The molecule has 0 bridgehead atoms. The summed E-state index contributed by atoms with van der Waals surface area (Å²) in [5, 5.41) is 10.6. The van der Waals surface area contributed by atoms with Crippen molar-refractivity contribution in [3.8, 4) is 0 Å². The summed E-state index contributed by atoms with van der Waals surface area (Å²) in [4.78, 5) is 10.8. The maximum absolute atomic E-state index is 12.9. The topological polar surface area (TPSA) is 83.5 Å². The first kappa shape index (κ1) is 20.6. The maximum atomic E-state index is 12.9. The Labute approximate surface area is 166 Å². The molecular weight excluding hydrogens is 374 g/mol. The Morgan fingerprint density at radius 2 is 1.89 bits per heavy atom. The standard InChI is InChI=1S/C22H27NO4S/c24-22(25)13-4-2-1-3-9-18-11-7-12-21(18)23-28(26,27)20-15-14-17-8-5-6-10-19(17)16-20/h1,3,5-6,8,10,14-16,18,21,23H,2,4,7,9,11-13H2,(H,24,25). The van der Waals surface area contributed by atoms with Gasteiger partial charge < -0.3 is 5.11 Å². The Balaban J connectivity index is 1.60. The molecular formula is C22H27NO4S. The van der Waals surface area contributed by atoms with Crippen LogP contribution in [0, 0.1) is 5.92 Å².